The standard InChI is InChI=1S/C16H21N3O2/c1-12-9-14(19(2)18-12)11-17-6-5-13-3-4-15-16(10-13)21-8-7-20-15/h3-4,9-10,17H,5-8,11H2,1-2H3. The van der Waals surface area contributed by atoms with E-state index in [9.17, 15) is 0 Å². The minimum Gasteiger partial charge on any atom is -0.486 e. The molecule has 2 aromatic rings. The van der Waals surface area contributed by atoms with Gasteiger partial charge in [-0.3, -0.25) is 4.68 Å². The predicted octanol–water partition coefficient (Wildman–Crippen LogP) is 1.83. The summed E-state index contributed by atoms with van der Waals surface area (Å²) < 4.78 is 13.1. The zero-order valence-corrected chi connectivity index (χ0v) is 12.6. The number of nitrogens with zero attached hydrogens (tertiary/aromatic N) is 2. The lowest BCUT2D eigenvalue weighted by molar-refractivity contribution is 0.171. The fourth-order valence-electron chi connectivity index (χ4n) is 2.52. The van der Waals surface area contributed by atoms with E-state index < -0.39 is 0 Å². The molecule has 1 aromatic carbocycles. The zero-order valence-electron chi connectivity index (χ0n) is 12.6. The van der Waals surface area contributed by atoms with E-state index in [1.807, 2.05) is 24.7 Å². The van der Waals surface area contributed by atoms with E-state index in [2.05, 4.69) is 28.6 Å². The van der Waals surface area contributed by atoms with E-state index in [0.29, 0.717) is 13.2 Å². The molecule has 0 atom stereocenters. The van der Waals surface area contributed by atoms with Crippen LogP contribution in [0.5, 0.6) is 11.5 Å². The Bertz CT molecular complexity index is 622. The number of hydrogen-bond acceptors (Lipinski definition) is 4. The van der Waals surface area contributed by atoms with Gasteiger partial charge in [-0.1, -0.05) is 6.07 Å². The van der Waals surface area contributed by atoms with Crippen molar-refractivity contribution in [3.8, 4) is 11.5 Å². The van der Waals surface area contributed by atoms with Crippen molar-refractivity contribution in [1.82, 2.24) is 15.1 Å². The molecule has 0 unspecified atom stereocenters. The Kier molecular flexibility index (Phi) is 4.10. The second-order valence-electron chi connectivity index (χ2n) is 5.31. The first-order valence-corrected chi connectivity index (χ1v) is 7.31. The number of fused-ring (bicyclic) bond motifs is 1. The third kappa shape index (κ3) is 3.36. The van der Waals surface area contributed by atoms with Crippen LogP contribution in [0.1, 0.15) is 17.0 Å². The van der Waals surface area contributed by atoms with Crippen LogP contribution in [0.4, 0.5) is 0 Å². The van der Waals surface area contributed by atoms with Crippen molar-refractivity contribution >= 4 is 0 Å². The predicted molar refractivity (Wildman–Crippen MR) is 80.8 cm³/mol. The van der Waals surface area contributed by atoms with Gasteiger partial charge in [0.25, 0.3) is 0 Å². The lowest BCUT2D eigenvalue weighted by atomic mass is 10.1. The van der Waals surface area contributed by atoms with Gasteiger partial charge in [-0.25, -0.2) is 0 Å². The molecule has 5 nitrogen and oxygen atoms in total. The van der Waals surface area contributed by atoms with Crippen LogP contribution < -0.4 is 14.8 Å². The van der Waals surface area contributed by atoms with Gasteiger partial charge in [0.2, 0.25) is 0 Å². The molecule has 0 aliphatic carbocycles. The number of aromatic nitrogens is 2. The second kappa shape index (κ2) is 6.18. The molecule has 112 valence electrons. The van der Waals surface area contributed by atoms with Gasteiger partial charge in [-0.15, -0.1) is 0 Å². The minimum atomic E-state index is 0.633. The Balaban J connectivity index is 1.50. The largest absolute Gasteiger partial charge is 0.486 e. The average Bonchev–Trinajstić information content (AvgIpc) is 2.81. The minimum absolute atomic E-state index is 0.633. The molecule has 5 heteroatoms. The lowest BCUT2D eigenvalue weighted by Gasteiger charge is -2.18. The van der Waals surface area contributed by atoms with Crippen LogP contribution >= 0.6 is 0 Å². The van der Waals surface area contributed by atoms with Gasteiger partial charge in [0, 0.05) is 13.6 Å². The maximum atomic E-state index is 5.60. The first kappa shape index (κ1) is 13.9. The highest BCUT2D eigenvalue weighted by Crippen LogP contribution is 2.30. The molecule has 0 spiro atoms. The molecule has 0 saturated carbocycles. The van der Waals surface area contributed by atoms with E-state index in [-0.39, 0.29) is 0 Å². The lowest BCUT2D eigenvalue weighted by Crippen LogP contribution is -2.19. The van der Waals surface area contributed by atoms with Gasteiger partial charge in [0.1, 0.15) is 13.2 Å². The molecular formula is C16H21N3O2. The molecular weight excluding hydrogens is 266 g/mol. The molecule has 0 fully saturated rings. The monoisotopic (exact) mass is 287 g/mol. The quantitative estimate of drug-likeness (QED) is 0.852. The van der Waals surface area contributed by atoms with Crippen molar-refractivity contribution in [2.24, 2.45) is 7.05 Å². The Hall–Kier alpha value is -2.01. The molecule has 1 aliphatic rings. The molecule has 1 N–H and O–H groups in total. The normalized spacial score (nSPS) is 13.4. The summed E-state index contributed by atoms with van der Waals surface area (Å²) in [5.74, 6) is 1.71. The summed E-state index contributed by atoms with van der Waals surface area (Å²) in [6.45, 7) is 5.04. The topological polar surface area (TPSA) is 48.3 Å². The van der Waals surface area contributed by atoms with E-state index in [4.69, 9.17) is 9.47 Å². The second-order valence-corrected chi connectivity index (χ2v) is 5.31. The summed E-state index contributed by atoms with van der Waals surface area (Å²) in [4.78, 5) is 0. The summed E-state index contributed by atoms with van der Waals surface area (Å²) in [6, 6.07) is 8.28. The third-order valence-corrected chi connectivity index (χ3v) is 3.60. The highest BCUT2D eigenvalue weighted by Gasteiger charge is 2.11. The van der Waals surface area contributed by atoms with Gasteiger partial charge in [-0.2, -0.15) is 5.10 Å². The van der Waals surface area contributed by atoms with Crippen molar-refractivity contribution in [1.29, 1.82) is 0 Å². The van der Waals surface area contributed by atoms with Crippen LogP contribution in [0, 0.1) is 6.92 Å². The van der Waals surface area contributed by atoms with Crippen molar-refractivity contribution in [2.45, 2.75) is 19.9 Å². The fourth-order valence-corrected chi connectivity index (χ4v) is 2.52. The van der Waals surface area contributed by atoms with Gasteiger partial charge in [0.05, 0.1) is 11.4 Å². The number of hydrogen-bond donors (Lipinski definition) is 1. The van der Waals surface area contributed by atoms with Crippen LogP contribution in [0.3, 0.4) is 0 Å². The molecule has 21 heavy (non-hydrogen) atoms. The number of aryl methyl sites for hydroxylation is 2. The third-order valence-electron chi connectivity index (χ3n) is 3.60. The maximum Gasteiger partial charge on any atom is 0.161 e. The van der Waals surface area contributed by atoms with E-state index in [1.54, 1.807) is 0 Å². The van der Waals surface area contributed by atoms with Gasteiger partial charge in [0.15, 0.2) is 11.5 Å². The molecule has 0 bridgehead atoms. The Morgan fingerprint density at radius 3 is 2.76 bits per heavy atom. The van der Waals surface area contributed by atoms with Gasteiger partial charge in [-0.05, 0) is 43.7 Å². The van der Waals surface area contributed by atoms with Gasteiger partial charge >= 0.3 is 0 Å². The average molecular weight is 287 g/mol. The van der Waals surface area contributed by atoms with Crippen molar-refractivity contribution in [2.75, 3.05) is 19.8 Å². The highest BCUT2D eigenvalue weighted by molar-refractivity contribution is 5.43. The van der Waals surface area contributed by atoms with Crippen LogP contribution in [0.2, 0.25) is 0 Å². The fraction of sp³-hybridized carbons (Fsp3) is 0.438. The number of benzene rings is 1. The van der Waals surface area contributed by atoms with Crippen LogP contribution in [-0.2, 0) is 20.0 Å². The van der Waals surface area contributed by atoms with Crippen molar-refractivity contribution in [3.05, 3.63) is 41.2 Å². The Morgan fingerprint density at radius 2 is 2.00 bits per heavy atom. The SMILES string of the molecule is Cc1cc(CNCCc2ccc3c(c2)OCCO3)n(C)n1. The smallest absolute Gasteiger partial charge is 0.161 e. The summed E-state index contributed by atoms with van der Waals surface area (Å²) in [7, 11) is 1.98. The van der Waals surface area contributed by atoms with Crippen molar-refractivity contribution < 1.29 is 9.47 Å². The first-order chi connectivity index (χ1) is 10.2. The van der Waals surface area contributed by atoms with Crippen LogP contribution in [-0.4, -0.2) is 29.5 Å². The molecule has 0 radical (unpaired) electrons. The van der Waals surface area contributed by atoms with E-state index in [1.165, 1.54) is 11.3 Å². The summed E-state index contributed by atoms with van der Waals surface area (Å²) in [5, 5.41) is 7.79. The molecule has 1 aliphatic heterocycles. The molecule has 0 saturated heterocycles. The molecule has 3 rings (SSSR count). The Morgan fingerprint density at radius 1 is 1.19 bits per heavy atom. The summed E-state index contributed by atoms with van der Waals surface area (Å²) in [6.07, 6.45) is 0.966. The number of rotatable bonds is 5. The van der Waals surface area contributed by atoms with Crippen LogP contribution in [0.25, 0.3) is 0 Å². The molecule has 2 heterocycles. The van der Waals surface area contributed by atoms with Gasteiger partial charge < -0.3 is 14.8 Å². The maximum absolute atomic E-state index is 5.60. The first-order valence-electron chi connectivity index (χ1n) is 7.31. The molecule has 0 amide bonds. The zero-order chi connectivity index (χ0) is 14.7. The summed E-state index contributed by atoms with van der Waals surface area (Å²) >= 11 is 0. The van der Waals surface area contributed by atoms with E-state index >= 15 is 0 Å². The highest BCUT2D eigenvalue weighted by atomic mass is 16.6. The van der Waals surface area contributed by atoms with Crippen LogP contribution in [0.15, 0.2) is 24.3 Å². The number of nitrogens with one attached hydrogen (secondary N) is 1. The number of ether oxygens (including phenoxy) is 2. The summed E-state index contributed by atoms with van der Waals surface area (Å²) in [5.41, 5.74) is 3.52. The molecule has 1 aromatic heterocycles. The van der Waals surface area contributed by atoms with Crippen molar-refractivity contribution in [3.63, 3.8) is 0 Å². The van der Waals surface area contributed by atoms with E-state index in [0.717, 1.165) is 36.7 Å². The Labute approximate surface area is 124 Å².